The van der Waals surface area contributed by atoms with Gasteiger partial charge in [-0.15, -0.1) is 11.8 Å². The molecule has 0 aliphatic rings. The fourth-order valence-electron chi connectivity index (χ4n) is 1.17. The van der Waals surface area contributed by atoms with Crippen molar-refractivity contribution in [3.8, 4) is 0 Å². The number of hydrogen-bond acceptors (Lipinski definition) is 6. The van der Waals surface area contributed by atoms with E-state index in [1.165, 1.54) is 19.2 Å². The summed E-state index contributed by atoms with van der Waals surface area (Å²) in [4.78, 5) is 21.9. The smallest absolute Gasteiger partial charge is 0.313 e. The Morgan fingerprint density at radius 2 is 2.10 bits per heavy atom. The summed E-state index contributed by atoms with van der Waals surface area (Å²) in [6.45, 7) is 0.256. The molecule has 10 heteroatoms. The number of carbonyl (C=O) groups is 2. The molecule has 0 aliphatic heterocycles. The van der Waals surface area contributed by atoms with Gasteiger partial charge in [0, 0.05) is 12.3 Å². The summed E-state index contributed by atoms with van der Waals surface area (Å²) in [5.41, 5.74) is 0. The van der Waals surface area contributed by atoms with Gasteiger partial charge in [-0.05, 0) is 19.2 Å². The first-order valence-electron chi connectivity index (χ1n) is 5.48. The van der Waals surface area contributed by atoms with Crippen LogP contribution in [0.1, 0.15) is 10.6 Å². The van der Waals surface area contributed by atoms with Gasteiger partial charge in [-0.3, -0.25) is 9.59 Å². The Morgan fingerprint density at radius 3 is 2.70 bits per heavy atom. The monoisotopic (exact) mass is 322 g/mol. The van der Waals surface area contributed by atoms with Gasteiger partial charge in [0.05, 0.1) is 5.75 Å². The fraction of sp³-hybridized carbons (Fsp3) is 0.400. The van der Waals surface area contributed by atoms with E-state index in [0.717, 1.165) is 11.8 Å². The minimum atomic E-state index is -3.72. The molecule has 1 heterocycles. The molecule has 1 aromatic rings. The van der Waals surface area contributed by atoms with Crippen LogP contribution in [0, 0.1) is 0 Å². The summed E-state index contributed by atoms with van der Waals surface area (Å²) in [6.07, 6.45) is 0. The van der Waals surface area contributed by atoms with E-state index in [9.17, 15) is 18.0 Å². The molecule has 20 heavy (non-hydrogen) atoms. The third-order valence-electron chi connectivity index (χ3n) is 2.10. The molecule has 1 rings (SSSR count). The normalized spacial score (nSPS) is 11.2. The van der Waals surface area contributed by atoms with E-state index in [2.05, 4.69) is 10.0 Å². The predicted octanol–water partition coefficient (Wildman–Crippen LogP) is -0.265. The van der Waals surface area contributed by atoms with Gasteiger partial charge in [0.2, 0.25) is 5.09 Å². The standard InChI is InChI=1S/C10H14N2O6S2/c1-11-20(16,17)9-3-2-7(18-9)10(15)12-4-5-19-6-8(13)14/h2-3,11H,4-6H2,1H3,(H,12,15)(H,13,14). The Balaban J connectivity index is 2.47. The number of sulfonamides is 1. The van der Waals surface area contributed by atoms with Gasteiger partial charge in [0.15, 0.2) is 5.76 Å². The zero-order chi connectivity index (χ0) is 15.2. The highest BCUT2D eigenvalue weighted by Crippen LogP contribution is 2.13. The van der Waals surface area contributed by atoms with Crippen LogP contribution in [0.4, 0.5) is 0 Å². The average molecular weight is 322 g/mol. The van der Waals surface area contributed by atoms with E-state index in [-0.39, 0.29) is 23.2 Å². The van der Waals surface area contributed by atoms with Crippen LogP contribution in [0.5, 0.6) is 0 Å². The van der Waals surface area contributed by atoms with Crippen LogP contribution in [-0.2, 0) is 14.8 Å². The Kier molecular flexibility index (Phi) is 6.05. The van der Waals surface area contributed by atoms with Gasteiger partial charge in [-0.25, -0.2) is 13.1 Å². The van der Waals surface area contributed by atoms with E-state index in [1.807, 2.05) is 0 Å². The summed E-state index contributed by atoms with van der Waals surface area (Å²) < 4.78 is 29.8. The van der Waals surface area contributed by atoms with Gasteiger partial charge in [-0.1, -0.05) is 0 Å². The Labute approximate surface area is 120 Å². The maximum absolute atomic E-state index is 11.6. The summed E-state index contributed by atoms with van der Waals surface area (Å²) in [5.74, 6) is -1.21. The lowest BCUT2D eigenvalue weighted by molar-refractivity contribution is -0.133. The Hall–Kier alpha value is -1.52. The maximum Gasteiger partial charge on any atom is 0.313 e. The third kappa shape index (κ3) is 4.87. The highest BCUT2D eigenvalue weighted by molar-refractivity contribution is 7.99. The second-order valence-corrected chi connectivity index (χ2v) is 6.45. The molecule has 0 bridgehead atoms. The highest BCUT2D eigenvalue weighted by atomic mass is 32.2. The molecule has 0 saturated heterocycles. The Morgan fingerprint density at radius 1 is 1.40 bits per heavy atom. The summed E-state index contributed by atoms with van der Waals surface area (Å²) in [5, 5.41) is 10.6. The molecule has 8 nitrogen and oxygen atoms in total. The Bertz CT molecular complexity index is 580. The van der Waals surface area contributed by atoms with Crippen molar-refractivity contribution in [1.29, 1.82) is 0 Å². The van der Waals surface area contributed by atoms with Crippen molar-refractivity contribution < 1.29 is 27.5 Å². The number of carbonyl (C=O) groups excluding carboxylic acids is 1. The lowest BCUT2D eigenvalue weighted by Crippen LogP contribution is -2.25. The summed E-state index contributed by atoms with van der Waals surface area (Å²) in [6, 6.07) is 2.43. The molecule has 1 aromatic heterocycles. The zero-order valence-electron chi connectivity index (χ0n) is 10.6. The van der Waals surface area contributed by atoms with E-state index in [1.54, 1.807) is 0 Å². The quantitative estimate of drug-likeness (QED) is 0.563. The summed E-state index contributed by atoms with van der Waals surface area (Å²) >= 11 is 1.16. The molecule has 3 N–H and O–H groups in total. The number of hydrogen-bond donors (Lipinski definition) is 3. The number of rotatable bonds is 8. The second kappa shape index (κ2) is 7.31. The van der Waals surface area contributed by atoms with Crippen molar-refractivity contribution in [3.63, 3.8) is 0 Å². The molecule has 0 fully saturated rings. The number of carboxylic acids is 1. The SMILES string of the molecule is CNS(=O)(=O)c1ccc(C(=O)NCCSCC(=O)O)o1. The largest absolute Gasteiger partial charge is 0.481 e. The minimum absolute atomic E-state index is 0.0405. The minimum Gasteiger partial charge on any atom is -0.481 e. The molecule has 0 unspecified atom stereocenters. The maximum atomic E-state index is 11.6. The zero-order valence-corrected chi connectivity index (χ0v) is 12.2. The van der Waals surface area contributed by atoms with Crippen LogP contribution in [0.15, 0.2) is 21.6 Å². The number of nitrogens with one attached hydrogen (secondary N) is 2. The lowest BCUT2D eigenvalue weighted by Gasteiger charge is -2.02. The first-order chi connectivity index (χ1) is 9.36. The molecule has 1 amide bonds. The van der Waals surface area contributed by atoms with Crippen LogP contribution in [0.3, 0.4) is 0 Å². The van der Waals surface area contributed by atoms with Gasteiger partial charge in [0.25, 0.3) is 15.9 Å². The van der Waals surface area contributed by atoms with Crippen molar-refractivity contribution >= 4 is 33.7 Å². The third-order valence-corrected chi connectivity index (χ3v) is 4.33. The van der Waals surface area contributed by atoms with Crippen LogP contribution in [-0.4, -0.2) is 50.5 Å². The van der Waals surface area contributed by atoms with Crippen molar-refractivity contribution in [1.82, 2.24) is 10.0 Å². The lowest BCUT2D eigenvalue weighted by atomic mass is 10.4. The van der Waals surface area contributed by atoms with E-state index in [0.29, 0.717) is 5.75 Å². The number of aliphatic carboxylic acids is 1. The van der Waals surface area contributed by atoms with E-state index in [4.69, 9.17) is 9.52 Å². The first-order valence-corrected chi connectivity index (χ1v) is 8.11. The first kappa shape index (κ1) is 16.5. The van der Waals surface area contributed by atoms with Crippen molar-refractivity contribution in [2.45, 2.75) is 5.09 Å². The van der Waals surface area contributed by atoms with Gasteiger partial charge >= 0.3 is 5.97 Å². The topological polar surface area (TPSA) is 126 Å². The van der Waals surface area contributed by atoms with Gasteiger partial charge in [-0.2, -0.15) is 0 Å². The van der Waals surface area contributed by atoms with Crippen LogP contribution in [0.2, 0.25) is 0 Å². The molecule has 112 valence electrons. The number of amides is 1. The van der Waals surface area contributed by atoms with Gasteiger partial charge < -0.3 is 14.8 Å². The van der Waals surface area contributed by atoms with Crippen LogP contribution < -0.4 is 10.0 Å². The highest BCUT2D eigenvalue weighted by Gasteiger charge is 2.19. The van der Waals surface area contributed by atoms with E-state index >= 15 is 0 Å². The number of thioether (sulfide) groups is 1. The average Bonchev–Trinajstić information content (AvgIpc) is 2.88. The molecular weight excluding hydrogens is 308 g/mol. The fourth-order valence-corrected chi connectivity index (χ4v) is 2.38. The number of carboxylic acid groups (broad SMARTS) is 1. The van der Waals surface area contributed by atoms with Crippen LogP contribution >= 0.6 is 11.8 Å². The molecular formula is C10H14N2O6S2. The molecule has 0 aliphatic carbocycles. The number of furan rings is 1. The second-order valence-electron chi connectivity index (χ2n) is 3.53. The van der Waals surface area contributed by atoms with Gasteiger partial charge in [0.1, 0.15) is 0 Å². The molecule has 0 saturated carbocycles. The molecule has 0 radical (unpaired) electrons. The van der Waals surface area contributed by atoms with Crippen LogP contribution in [0.25, 0.3) is 0 Å². The molecule has 0 atom stereocenters. The van der Waals surface area contributed by atoms with Crippen molar-refractivity contribution in [2.24, 2.45) is 0 Å². The molecule has 0 spiro atoms. The van der Waals surface area contributed by atoms with Crippen molar-refractivity contribution in [2.75, 3.05) is 25.1 Å². The molecule has 0 aromatic carbocycles. The van der Waals surface area contributed by atoms with E-state index < -0.39 is 21.9 Å². The van der Waals surface area contributed by atoms with Crippen molar-refractivity contribution in [3.05, 3.63) is 17.9 Å². The predicted molar refractivity (Wildman–Crippen MR) is 72.2 cm³/mol. The summed E-state index contributed by atoms with van der Waals surface area (Å²) in [7, 11) is -2.48.